The first-order valence-corrected chi connectivity index (χ1v) is 8.06. The second-order valence-corrected chi connectivity index (χ2v) is 6.84. The van der Waals surface area contributed by atoms with Gasteiger partial charge in [-0.25, -0.2) is 8.42 Å². The normalized spacial score (nSPS) is 11.0. The van der Waals surface area contributed by atoms with Crippen LogP contribution in [0.3, 0.4) is 0 Å². The fourth-order valence-electron chi connectivity index (χ4n) is 1.70. The zero-order valence-electron chi connectivity index (χ0n) is 10.9. The van der Waals surface area contributed by atoms with Crippen LogP contribution in [0.1, 0.15) is 11.1 Å². The number of anilines is 1. The van der Waals surface area contributed by atoms with E-state index in [0.29, 0.717) is 16.1 Å². The Hall–Kier alpha value is -1.74. The Labute approximate surface area is 133 Å². The molecule has 0 bridgehead atoms. The van der Waals surface area contributed by atoms with Gasteiger partial charge in [0.2, 0.25) is 0 Å². The molecule has 1 N–H and O–H groups in total. The van der Waals surface area contributed by atoms with Gasteiger partial charge in [0.1, 0.15) is 0 Å². The quantitative estimate of drug-likeness (QED) is 0.918. The van der Waals surface area contributed by atoms with E-state index in [1.165, 1.54) is 36.4 Å². The number of sulfonamides is 1. The molecule has 0 aliphatic heterocycles. The molecule has 2 rings (SSSR count). The summed E-state index contributed by atoms with van der Waals surface area (Å²) in [5.74, 6) is 0. The lowest BCUT2D eigenvalue weighted by molar-refractivity contribution is 0.601. The average molecular weight is 341 g/mol. The number of nitrogens with one attached hydrogen (secondary N) is 1. The van der Waals surface area contributed by atoms with Gasteiger partial charge in [-0.15, -0.1) is 0 Å². The molecule has 0 saturated heterocycles. The monoisotopic (exact) mass is 340 g/mol. The fourth-order valence-corrected chi connectivity index (χ4v) is 3.38. The fraction of sp³-hybridized carbons (Fsp3) is 0.0714. The minimum Gasteiger partial charge on any atom is -0.278 e. The van der Waals surface area contributed by atoms with E-state index in [4.69, 9.17) is 28.5 Å². The smallest absolute Gasteiger partial charge is 0.261 e. The minimum absolute atomic E-state index is 0.0602. The summed E-state index contributed by atoms with van der Waals surface area (Å²) in [6.07, 6.45) is 0. The van der Waals surface area contributed by atoms with Crippen LogP contribution in [0, 0.1) is 18.3 Å². The first-order chi connectivity index (χ1) is 9.83. The summed E-state index contributed by atoms with van der Waals surface area (Å²) in [4.78, 5) is 0.0602. The summed E-state index contributed by atoms with van der Waals surface area (Å²) in [6.45, 7) is 1.67. The lowest BCUT2D eigenvalue weighted by Crippen LogP contribution is -2.13. The second kappa shape index (κ2) is 5.94. The zero-order chi connectivity index (χ0) is 15.6. The van der Waals surface area contributed by atoms with Gasteiger partial charge < -0.3 is 0 Å². The molecule has 2 aromatic rings. The topological polar surface area (TPSA) is 70.0 Å². The van der Waals surface area contributed by atoms with Gasteiger partial charge in [0.15, 0.2) is 0 Å². The third-order valence-electron chi connectivity index (χ3n) is 2.80. The van der Waals surface area contributed by atoms with E-state index in [2.05, 4.69) is 4.72 Å². The number of halogens is 2. The van der Waals surface area contributed by atoms with Gasteiger partial charge in [-0.1, -0.05) is 23.2 Å². The summed E-state index contributed by atoms with van der Waals surface area (Å²) in [5, 5.41) is 9.48. The van der Waals surface area contributed by atoms with Crippen molar-refractivity contribution in [1.82, 2.24) is 0 Å². The van der Waals surface area contributed by atoms with Crippen LogP contribution in [0.2, 0.25) is 10.0 Å². The molecule has 0 aliphatic rings. The number of aryl methyl sites for hydroxylation is 1. The van der Waals surface area contributed by atoms with E-state index < -0.39 is 10.0 Å². The minimum atomic E-state index is -3.78. The molecule has 0 amide bonds. The van der Waals surface area contributed by atoms with Crippen LogP contribution in [-0.4, -0.2) is 8.42 Å². The van der Waals surface area contributed by atoms with Crippen molar-refractivity contribution < 1.29 is 8.42 Å². The molecule has 2 aromatic carbocycles. The molecule has 0 aliphatic carbocycles. The van der Waals surface area contributed by atoms with Gasteiger partial charge in [-0.3, -0.25) is 4.72 Å². The summed E-state index contributed by atoms with van der Waals surface area (Å²) in [5.41, 5.74) is 1.25. The number of hydrogen-bond acceptors (Lipinski definition) is 3. The average Bonchev–Trinajstić information content (AvgIpc) is 2.42. The van der Waals surface area contributed by atoms with Gasteiger partial charge in [0.05, 0.1) is 27.2 Å². The van der Waals surface area contributed by atoms with Crippen molar-refractivity contribution in [3.05, 3.63) is 57.6 Å². The molecule has 0 fully saturated rings. The molecule has 0 atom stereocenters. The molecule has 4 nitrogen and oxygen atoms in total. The highest BCUT2D eigenvalue weighted by molar-refractivity contribution is 7.92. The van der Waals surface area contributed by atoms with E-state index in [-0.39, 0.29) is 15.6 Å². The van der Waals surface area contributed by atoms with E-state index in [1.807, 2.05) is 6.07 Å². The van der Waals surface area contributed by atoms with Crippen molar-refractivity contribution in [3.63, 3.8) is 0 Å². The third-order valence-corrected chi connectivity index (χ3v) is 4.72. The van der Waals surface area contributed by atoms with E-state index >= 15 is 0 Å². The molecular weight excluding hydrogens is 331 g/mol. The van der Waals surface area contributed by atoms with E-state index in [0.717, 1.165) is 0 Å². The van der Waals surface area contributed by atoms with Gasteiger partial charge in [-0.05, 0) is 48.9 Å². The molecular formula is C14H10Cl2N2O2S. The zero-order valence-corrected chi connectivity index (χ0v) is 13.2. The van der Waals surface area contributed by atoms with Crippen molar-refractivity contribution in [3.8, 4) is 6.07 Å². The Bertz CT molecular complexity index is 843. The maximum Gasteiger partial charge on any atom is 0.261 e. The highest BCUT2D eigenvalue weighted by Gasteiger charge is 2.17. The van der Waals surface area contributed by atoms with Gasteiger partial charge in [0, 0.05) is 5.02 Å². The Morgan fingerprint density at radius 2 is 1.86 bits per heavy atom. The van der Waals surface area contributed by atoms with Crippen molar-refractivity contribution in [2.45, 2.75) is 11.8 Å². The lowest BCUT2D eigenvalue weighted by Gasteiger charge is -2.10. The number of hydrogen-bond donors (Lipinski definition) is 1. The van der Waals surface area contributed by atoms with Gasteiger partial charge in [0.25, 0.3) is 10.0 Å². The highest BCUT2D eigenvalue weighted by atomic mass is 35.5. The first-order valence-electron chi connectivity index (χ1n) is 5.82. The van der Waals surface area contributed by atoms with Crippen LogP contribution in [0.4, 0.5) is 5.69 Å². The number of nitriles is 1. The lowest BCUT2D eigenvalue weighted by atomic mass is 10.1. The SMILES string of the molecule is Cc1cc(S(=O)(=O)Nc2ccc(Cl)cc2Cl)ccc1C#N. The Balaban J connectivity index is 2.39. The molecule has 0 spiro atoms. The van der Waals surface area contributed by atoms with Crippen LogP contribution in [-0.2, 0) is 10.0 Å². The van der Waals surface area contributed by atoms with Crippen molar-refractivity contribution >= 4 is 38.9 Å². The molecule has 108 valence electrons. The van der Waals surface area contributed by atoms with Crippen LogP contribution >= 0.6 is 23.2 Å². The van der Waals surface area contributed by atoms with Gasteiger partial charge >= 0.3 is 0 Å². The predicted octanol–water partition coefficient (Wildman–Crippen LogP) is 3.97. The summed E-state index contributed by atoms with van der Waals surface area (Å²) in [7, 11) is -3.78. The maximum absolute atomic E-state index is 12.3. The number of benzene rings is 2. The predicted molar refractivity (Wildman–Crippen MR) is 83.2 cm³/mol. The second-order valence-electron chi connectivity index (χ2n) is 4.32. The van der Waals surface area contributed by atoms with Crippen LogP contribution in [0.15, 0.2) is 41.3 Å². The van der Waals surface area contributed by atoms with Crippen LogP contribution in [0.25, 0.3) is 0 Å². The first kappa shape index (κ1) is 15.6. The Morgan fingerprint density at radius 1 is 1.14 bits per heavy atom. The summed E-state index contributed by atoms with van der Waals surface area (Å²) < 4.78 is 27.0. The third kappa shape index (κ3) is 3.48. The molecule has 0 radical (unpaired) electrons. The van der Waals surface area contributed by atoms with Crippen molar-refractivity contribution in [1.29, 1.82) is 5.26 Å². The van der Waals surface area contributed by atoms with Crippen molar-refractivity contribution in [2.75, 3.05) is 4.72 Å². The van der Waals surface area contributed by atoms with Crippen LogP contribution in [0.5, 0.6) is 0 Å². The maximum atomic E-state index is 12.3. The Kier molecular flexibility index (Phi) is 4.43. The van der Waals surface area contributed by atoms with Crippen LogP contribution < -0.4 is 4.72 Å². The number of nitrogens with zero attached hydrogens (tertiary/aromatic N) is 1. The standard InChI is InChI=1S/C14H10Cl2N2O2S/c1-9-6-12(4-2-10(9)8-17)21(19,20)18-14-5-3-11(15)7-13(14)16/h2-7,18H,1H3. The number of rotatable bonds is 3. The van der Waals surface area contributed by atoms with Crippen molar-refractivity contribution in [2.24, 2.45) is 0 Å². The molecule has 0 unspecified atom stereocenters. The Morgan fingerprint density at radius 3 is 2.43 bits per heavy atom. The highest BCUT2D eigenvalue weighted by Crippen LogP contribution is 2.27. The van der Waals surface area contributed by atoms with E-state index in [9.17, 15) is 8.42 Å². The molecule has 7 heteroatoms. The van der Waals surface area contributed by atoms with E-state index in [1.54, 1.807) is 6.92 Å². The summed E-state index contributed by atoms with van der Waals surface area (Å²) in [6, 6.07) is 10.7. The van der Waals surface area contributed by atoms with Gasteiger partial charge in [-0.2, -0.15) is 5.26 Å². The largest absolute Gasteiger partial charge is 0.278 e. The molecule has 21 heavy (non-hydrogen) atoms. The molecule has 0 heterocycles. The molecule has 0 saturated carbocycles. The summed E-state index contributed by atoms with van der Waals surface area (Å²) >= 11 is 11.7. The molecule has 0 aromatic heterocycles.